The fourth-order valence-corrected chi connectivity index (χ4v) is 5.75. The Morgan fingerprint density at radius 1 is 1.13 bits per heavy atom. The number of carbonyl (C=O) groups excluding carboxylic acids is 1. The Morgan fingerprint density at radius 2 is 1.87 bits per heavy atom. The summed E-state index contributed by atoms with van der Waals surface area (Å²) in [4.78, 5) is 12.6. The van der Waals surface area contributed by atoms with Crippen LogP contribution in [-0.4, -0.2) is 21.4 Å². The predicted octanol–water partition coefficient (Wildman–Crippen LogP) is 5.51. The van der Waals surface area contributed by atoms with Gasteiger partial charge in [0.1, 0.15) is 10.6 Å². The first-order chi connectivity index (χ1) is 14.3. The van der Waals surface area contributed by atoms with Crippen molar-refractivity contribution in [3.8, 4) is 5.75 Å². The van der Waals surface area contributed by atoms with Crippen LogP contribution in [0.2, 0.25) is 5.02 Å². The SMILES string of the molecule is COc1ccc(CCCC(=O)Nc2cscc2S(=O)(=O)c2ccc(Cl)cc2)cc1C. The summed E-state index contributed by atoms with van der Waals surface area (Å²) in [7, 11) is -2.10. The van der Waals surface area contributed by atoms with Crippen molar-refractivity contribution in [2.24, 2.45) is 0 Å². The summed E-state index contributed by atoms with van der Waals surface area (Å²) in [5.74, 6) is 0.620. The van der Waals surface area contributed by atoms with E-state index in [1.165, 1.54) is 41.0 Å². The van der Waals surface area contributed by atoms with Crippen LogP contribution in [0.1, 0.15) is 24.0 Å². The molecule has 0 saturated heterocycles. The Kier molecular flexibility index (Phi) is 7.18. The summed E-state index contributed by atoms with van der Waals surface area (Å²) in [6.45, 7) is 1.98. The van der Waals surface area contributed by atoms with Gasteiger partial charge >= 0.3 is 0 Å². The normalized spacial score (nSPS) is 11.3. The molecule has 3 aromatic rings. The highest BCUT2D eigenvalue weighted by atomic mass is 35.5. The van der Waals surface area contributed by atoms with Crippen molar-refractivity contribution in [3.05, 3.63) is 69.4 Å². The van der Waals surface area contributed by atoms with E-state index in [0.29, 0.717) is 23.6 Å². The molecule has 0 aliphatic heterocycles. The van der Waals surface area contributed by atoms with E-state index in [1.807, 2.05) is 25.1 Å². The molecule has 0 fully saturated rings. The number of hydrogen-bond acceptors (Lipinski definition) is 5. The van der Waals surface area contributed by atoms with Crippen molar-refractivity contribution in [2.45, 2.75) is 36.0 Å². The van der Waals surface area contributed by atoms with Gasteiger partial charge in [-0.3, -0.25) is 4.79 Å². The minimum Gasteiger partial charge on any atom is -0.496 e. The molecule has 0 atom stereocenters. The monoisotopic (exact) mass is 463 g/mol. The minimum atomic E-state index is -3.74. The van der Waals surface area contributed by atoms with Gasteiger partial charge in [-0.15, -0.1) is 11.3 Å². The van der Waals surface area contributed by atoms with Crippen LogP contribution in [0.25, 0.3) is 0 Å². The van der Waals surface area contributed by atoms with Crippen LogP contribution < -0.4 is 10.1 Å². The number of amides is 1. The second-order valence-corrected chi connectivity index (χ2v) is 9.91. The lowest BCUT2D eigenvalue weighted by molar-refractivity contribution is -0.116. The fourth-order valence-electron chi connectivity index (χ4n) is 3.09. The number of rotatable bonds is 8. The Labute approximate surface area is 185 Å². The van der Waals surface area contributed by atoms with Crippen LogP contribution in [0.15, 0.2) is 63.0 Å². The Bertz CT molecular complexity index is 1140. The number of halogens is 1. The summed E-state index contributed by atoms with van der Waals surface area (Å²) in [6, 6.07) is 11.9. The summed E-state index contributed by atoms with van der Waals surface area (Å²) < 4.78 is 31.0. The van der Waals surface area contributed by atoms with Gasteiger partial charge in [0, 0.05) is 22.2 Å². The molecule has 0 unspecified atom stereocenters. The van der Waals surface area contributed by atoms with E-state index in [4.69, 9.17) is 16.3 Å². The third-order valence-corrected chi connectivity index (χ3v) is 7.60. The molecular weight excluding hydrogens is 442 g/mol. The van der Waals surface area contributed by atoms with Crippen molar-refractivity contribution in [1.29, 1.82) is 0 Å². The van der Waals surface area contributed by atoms with E-state index in [1.54, 1.807) is 12.5 Å². The van der Waals surface area contributed by atoms with Gasteiger partial charge in [-0.05, 0) is 61.2 Å². The van der Waals surface area contributed by atoms with E-state index in [-0.39, 0.29) is 15.7 Å². The molecule has 0 spiro atoms. The maximum atomic E-state index is 12.9. The molecular formula is C22H22ClNO4S2. The third kappa shape index (κ3) is 5.22. The van der Waals surface area contributed by atoms with Crippen molar-refractivity contribution in [3.63, 3.8) is 0 Å². The molecule has 1 heterocycles. The molecule has 2 aromatic carbocycles. The average Bonchev–Trinajstić information content (AvgIpc) is 3.17. The average molecular weight is 464 g/mol. The molecule has 1 amide bonds. The quantitative estimate of drug-likeness (QED) is 0.477. The fraction of sp³-hybridized carbons (Fsp3) is 0.227. The van der Waals surface area contributed by atoms with E-state index < -0.39 is 9.84 Å². The zero-order valence-corrected chi connectivity index (χ0v) is 19.0. The third-order valence-electron chi connectivity index (χ3n) is 4.64. The van der Waals surface area contributed by atoms with Crippen molar-refractivity contribution < 1.29 is 17.9 Å². The van der Waals surface area contributed by atoms with Crippen LogP contribution in [0.5, 0.6) is 5.75 Å². The van der Waals surface area contributed by atoms with Gasteiger partial charge in [0.05, 0.1) is 17.7 Å². The molecule has 0 radical (unpaired) electrons. The van der Waals surface area contributed by atoms with E-state index in [9.17, 15) is 13.2 Å². The number of ether oxygens (including phenoxy) is 1. The van der Waals surface area contributed by atoms with Crippen molar-refractivity contribution >= 4 is 44.4 Å². The Balaban J connectivity index is 1.62. The first-order valence-corrected chi connectivity index (χ1v) is 12.1. The number of anilines is 1. The number of benzene rings is 2. The first kappa shape index (κ1) is 22.3. The minimum absolute atomic E-state index is 0.0916. The van der Waals surface area contributed by atoms with E-state index in [0.717, 1.165) is 23.3 Å². The number of carbonyl (C=O) groups is 1. The number of hydrogen-bond donors (Lipinski definition) is 1. The maximum Gasteiger partial charge on any atom is 0.224 e. The van der Waals surface area contributed by atoms with E-state index >= 15 is 0 Å². The largest absolute Gasteiger partial charge is 0.496 e. The van der Waals surface area contributed by atoms with Gasteiger partial charge in [0.15, 0.2) is 0 Å². The lowest BCUT2D eigenvalue weighted by Gasteiger charge is -2.09. The molecule has 1 aromatic heterocycles. The lowest BCUT2D eigenvalue weighted by Crippen LogP contribution is -2.13. The number of methoxy groups -OCH3 is 1. The highest BCUT2D eigenvalue weighted by Crippen LogP contribution is 2.31. The zero-order valence-electron chi connectivity index (χ0n) is 16.6. The summed E-state index contributed by atoms with van der Waals surface area (Å²) in [5, 5.41) is 6.36. The molecule has 0 aliphatic carbocycles. The van der Waals surface area contributed by atoms with Crippen molar-refractivity contribution in [2.75, 3.05) is 12.4 Å². The van der Waals surface area contributed by atoms with Crippen LogP contribution in [0, 0.1) is 6.92 Å². The highest BCUT2D eigenvalue weighted by Gasteiger charge is 2.23. The van der Waals surface area contributed by atoms with Crippen LogP contribution in [-0.2, 0) is 21.1 Å². The summed E-state index contributed by atoms with van der Waals surface area (Å²) in [6.07, 6.45) is 1.69. The zero-order chi connectivity index (χ0) is 21.7. The van der Waals surface area contributed by atoms with Gasteiger partial charge in [-0.25, -0.2) is 8.42 Å². The maximum absolute atomic E-state index is 12.9. The first-order valence-electron chi connectivity index (χ1n) is 9.31. The number of sulfone groups is 1. The Hall–Kier alpha value is -2.35. The van der Waals surface area contributed by atoms with Gasteiger partial charge in [-0.2, -0.15) is 0 Å². The van der Waals surface area contributed by atoms with Gasteiger partial charge in [0.2, 0.25) is 15.7 Å². The molecule has 3 rings (SSSR count). The molecule has 30 heavy (non-hydrogen) atoms. The highest BCUT2D eigenvalue weighted by molar-refractivity contribution is 7.91. The molecule has 5 nitrogen and oxygen atoms in total. The molecule has 0 bridgehead atoms. The standard InChI is InChI=1S/C22H22ClNO4S2/c1-15-12-16(6-11-20(15)28-2)4-3-5-22(25)24-19-13-29-14-21(19)30(26,27)18-9-7-17(23)8-10-18/h6-14H,3-5H2,1-2H3,(H,24,25). The van der Waals surface area contributed by atoms with Gasteiger partial charge in [0.25, 0.3) is 0 Å². The topological polar surface area (TPSA) is 72.5 Å². The van der Waals surface area contributed by atoms with Gasteiger partial charge in [-0.1, -0.05) is 23.7 Å². The second kappa shape index (κ2) is 9.64. The van der Waals surface area contributed by atoms with Crippen LogP contribution in [0.4, 0.5) is 5.69 Å². The second-order valence-electron chi connectivity index (χ2n) is 6.81. The molecule has 1 N–H and O–H groups in total. The summed E-state index contributed by atoms with van der Waals surface area (Å²) in [5.41, 5.74) is 2.48. The van der Waals surface area contributed by atoms with Crippen LogP contribution >= 0.6 is 22.9 Å². The molecule has 158 valence electrons. The predicted molar refractivity (Wildman–Crippen MR) is 121 cm³/mol. The van der Waals surface area contributed by atoms with Crippen molar-refractivity contribution in [1.82, 2.24) is 0 Å². The number of aryl methyl sites for hydroxylation is 2. The lowest BCUT2D eigenvalue weighted by atomic mass is 10.0. The van der Waals surface area contributed by atoms with Gasteiger partial charge < -0.3 is 10.1 Å². The Morgan fingerprint density at radius 3 is 2.53 bits per heavy atom. The number of nitrogens with one attached hydrogen (secondary N) is 1. The molecule has 8 heteroatoms. The smallest absolute Gasteiger partial charge is 0.224 e. The molecule has 0 aliphatic rings. The molecule has 0 saturated carbocycles. The van der Waals surface area contributed by atoms with E-state index in [2.05, 4.69) is 5.32 Å². The van der Waals surface area contributed by atoms with Crippen LogP contribution in [0.3, 0.4) is 0 Å². The summed E-state index contributed by atoms with van der Waals surface area (Å²) >= 11 is 7.07. The number of thiophene rings is 1.